The monoisotopic (exact) mass is 380 g/mol. The van der Waals surface area contributed by atoms with E-state index in [-0.39, 0.29) is 319 Å². The van der Waals surface area contributed by atoms with Gasteiger partial charge in [0.1, 0.15) is 0 Å². The minimum absolute atomic E-state index is 0. The molecule has 0 bridgehead atoms. The third-order valence-corrected chi connectivity index (χ3v) is 0. The second-order valence-corrected chi connectivity index (χ2v) is 0. The SMILES string of the molecule is O.O.O.O.O.O.O.O.O.O.[H-].[H-].[H-].[H-].[H-].[K+].[K+].[K+].[K+].[K+]. The average Bonchev–Trinajstić information content (AvgIpc) is 0. The molecule has 0 amide bonds. The van der Waals surface area contributed by atoms with Crippen molar-refractivity contribution in [2.45, 2.75) is 0 Å². The molecule has 0 aliphatic heterocycles. The number of hydrogen-bond donors (Lipinski definition) is 0. The summed E-state index contributed by atoms with van der Waals surface area (Å²) in [6, 6.07) is 0. The zero-order valence-electron chi connectivity index (χ0n) is 15.0. The summed E-state index contributed by atoms with van der Waals surface area (Å²) >= 11 is 0. The summed E-state index contributed by atoms with van der Waals surface area (Å²) in [5.74, 6) is 0. The second kappa shape index (κ2) is 155. The first-order chi connectivity index (χ1) is 0. The molecular weight excluding hydrogens is 355 g/mol. The Labute approximate surface area is 308 Å². The Bertz CT molecular complexity index is 30.0. The van der Waals surface area contributed by atoms with Gasteiger partial charge >= 0.3 is 257 Å². The fourth-order valence-electron chi connectivity index (χ4n) is 0. The normalized spacial score (nSPS) is 0. The maximum Gasteiger partial charge on any atom is 1.00 e. The van der Waals surface area contributed by atoms with E-state index < -0.39 is 0 Å². The van der Waals surface area contributed by atoms with Crippen molar-refractivity contribution in [3.63, 3.8) is 0 Å². The van der Waals surface area contributed by atoms with Crippen LogP contribution in [0.5, 0.6) is 0 Å². The van der Waals surface area contributed by atoms with E-state index in [9.17, 15) is 0 Å². The van der Waals surface area contributed by atoms with E-state index in [0.29, 0.717) is 0 Å². The summed E-state index contributed by atoms with van der Waals surface area (Å²) in [6.45, 7) is 0. The molecule has 0 saturated heterocycles. The standard InChI is InChI=1S/5K.10H2O.5H/h;;;;;10*1H2;;;;;/q5*+1;;;;;;;;;;;5*-1. The molecule has 15 heteroatoms. The minimum Gasteiger partial charge on any atom is -1.00 e. The van der Waals surface area contributed by atoms with Gasteiger partial charge in [0.15, 0.2) is 0 Å². The Kier molecular flexibility index (Phi) is 1850. The van der Waals surface area contributed by atoms with Crippen molar-refractivity contribution in [2.24, 2.45) is 0 Å². The van der Waals surface area contributed by atoms with Gasteiger partial charge in [-0.2, -0.15) is 0 Å². The van der Waals surface area contributed by atoms with Crippen LogP contribution in [-0.2, 0) is 0 Å². The maximum absolute atomic E-state index is 0. The zero-order valence-corrected chi connectivity index (χ0v) is 25.6. The minimum atomic E-state index is 0. The number of hydrogen-bond acceptors (Lipinski definition) is 0. The van der Waals surface area contributed by atoms with Crippen LogP contribution in [0.15, 0.2) is 0 Å². The maximum atomic E-state index is 0. The van der Waals surface area contributed by atoms with Gasteiger partial charge in [0.2, 0.25) is 0 Å². The van der Waals surface area contributed by atoms with Crippen LogP contribution in [0.2, 0.25) is 0 Å². The van der Waals surface area contributed by atoms with Crippen molar-refractivity contribution >= 4 is 0 Å². The molecule has 0 atom stereocenters. The molecule has 20 N–H and O–H groups in total. The van der Waals surface area contributed by atoms with E-state index in [2.05, 4.69) is 0 Å². The quantitative estimate of drug-likeness (QED) is 0.353. The van der Waals surface area contributed by atoms with Crippen LogP contribution in [0.1, 0.15) is 7.13 Å². The Balaban J connectivity index is 0. The summed E-state index contributed by atoms with van der Waals surface area (Å²) in [6.07, 6.45) is 0. The molecule has 0 heterocycles. The zero-order chi connectivity index (χ0) is 0. The van der Waals surface area contributed by atoms with Gasteiger partial charge in [-0.3, -0.25) is 0 Å². The van der Waals surface area contributed by atoms with Crippen molar-refractivity contribution in [1.29, 1.82) is 0 Å². The Morgan fingerprint density at radius 2 is 0.200 bits per heavy atom. The summed E-state index contributed by atoms with van der Waals surface area (Å²) in [4.78, 5) is 0. The van der Waals surface area contributed by atoms with Gasteiger partial charge in [0.05, 0.1) is 0 Å². The Morgan fingerprint density at radius 1 is 0.200 bits per heavy atom. The largest absolute Gasteiger partial charge is 1.00 e. The van der Waals surface area contributed by atoms with Crippen LogP contribution in [0.3, 0.4) is 0 Å². The van der Waals surface area contributed by atoms with Gasteiger partial charge in [-0.25, -0.2) is 0 Å². The molecule has 0 unspecified atom stereocenters. The van der Waals surface area contributed by atoms with Crippen LogP contribution in [-0.4, -0.2) is 54.8 Å². The van der Waals surface area contributed by atoms with Crippen molar-refractivity contribution < 1.29 is 319 Å². The predicted molar refractivity (Wildman–Crippen MR) is 41.7 cm³/mol. The third-order valence-electron chi connectivity index (χ3n) is 0. The van der Waals surface area contributed by atoms with Crippen molar-refractivity contribution in [3.8, 4) is 0 Å². The van der Waals surface area contributed by atoms with E-state index in [1.54, 1.807) is 0 Å². The van der Waals surface area contributed by atoms with Crippen molar-refractivity contribution in [2.75, 3.05) is 0 Å². The summed E-state index contributed by atoms with van der Waals surface area (Å²) in [5.41, 5.74) is 0. The summed E-state index contributed by atoms with van der Waals surface area (Å²) < 4.78 is 0. The summed E-state index contributed by atoms with van der Waals surface area (Å²) in [5, 5.41) is 0. The first-order valence-corrected chi connectivity index (χ1v) is 0. The molecule has 0 saturated carbocycles. The molecule has 0 aliphatic rings. The predicted octanol–water partition coefficient (Wildman–Crippen LogP) is -22.7. The average molecular weight is 381 g/mol. The van der Waals surface area contributed by atoms with Gasteiger partial charge < -0.3 is 61.9 Å². The fourth-order valence-corrected chi connectivity index (χ4v) is 0. The number of rotatable bonds is 0. The Morgan fingerprint density at radius 3 is 0.200 bits per heavy atom. The van der Waals surface area contributed by atoms with Crippen LogP contribution in [0.4, 0.5) is 0 Å². The van der Waals surface area contributed by atoms with E-state index in [0.717, 1.165) is 0 Å². The van der Waals surface area contributed by atoms with Gasteiger partial charge in [-0.15, -0.1) is 0 Å². The van der Waals surface area contributed by atoms with Crippen LogP contribution in [0.25, 0.3) is 0 Å². The molecule has 0 spiro atoms. The van der Waals surface area contributed by atoms with E-state index in [1.807, 2.05) is 0 Å². The van der Waals surface area contributed by atoms with Crippen molar-refractivity contribution in [1.82, 2.24) is 0 Å². The molecule has 90 valence electrons. The van der Waals surface area contributed by atoms with Gasteiger partial charge in [0.25, 0.3) is 0 Å². The Hall–Kier alpha value is 7.78. The second-order valence-electron chi connectivity index (χ2n) is 0. The van der Waals surface area contributed by atoms with Crippen LogP contribution < -0.4 is 257 Å². The van der Waals surface area contributed by atoms with E-state index >= 15 is 0 Å². The van der Waals surface area contributed by atoms with Crippen LogP contribution >= 0.6 is 0 Å². The molecule has 0 aromatic carbocycles. The topological polar surface area (TPSA) is 315 Å². The molecule has 0 aromatic rings. The molecule has 15 heavy (non-hydrogen) atoms. The van der Waals surface area contributed by atoms with Crippen molar-refractivity contribution in [3.05, 3.63) is 0 Å². The van der Waals surface area contributed by atoms with E-state index in [4.69, 9.17) is 0 Å². The molecule has 0 fully saturated rings. The molecule has 0 aliphatic carbocycles. The third kappa shape index (κ3) is 141. The molecule has 0 rings (SSSR count). The van der Waals surface area contributed by atoms with Gasteiger partial charge in [-0.1, -0.05) is 0 Å². The first-order valence-electron chi connectivity index (χ1n) is 0. The molecular formula is H25K5O10. The molecule has 0 aromatic heterocycles. The first kappa shape index (κ1) is 178. The van der Waals surface area contributed by atoms with E-state index in [1.165, 1.54) is 0 Å². The van der Waals surface area contributed by atoms with Gasteiger partial charge in [-0.05, 0) is 0 Å². The molecule has 10 nitrogen and oxygen atoms in total. The summed E-state index contributed by atoms with van der Waals surface area (Å²) in [7, 11) is 0. The van der Waals surface area contributed by atoms with Crippen LogP contribution in [0, 0.1) is 0 Å². The van der Waals surface area contributed by atoms with Gasteiger partial charge in [0, 0.05) is 0 Å². The fraction of sp³-hybridized carbons (Fsp3) is 0. The smallest absolute Gasteiger partial charge is 1.00 e. The molecule has 0 radical (unpaired) electrons.